The number of halogens is 3. The van der Waals surface area contributed by atoms with Crippen molar-refractivity contribution in [1.29, 1.82) is 0 Å². The molecule has 35 heavy (non-hydrogen) atoms. The Morgan fingerprint density at radius 1 is 1.23 bits per heavy atom. The molecule has 2 N–H and O–H groups in total. The van der Waals surface area contributed by atoms with Crippen LogP contribution < -0.4 is 14.8 Å². The molecule has 2 amide bonds. The van der Waals surface area contributed by atoms with Crippen LogP contribution in [0.4, 0.5) is 23.7 Å². The number of alkyl halides is 3. The lowest BCUT2D eigenvalue weighted by molar-refractivity contribution is -0.141. The van der Waals surface area contributed by atoms with Crippen LogP contribution in [0.1, 0.15) is 56.5 Å². The predicted octanol–water partition coefficient (Wildman–Crippen LogP) is 3.38. The van der Waals surface area contributed by atoms with Crippen LogP contribution in [0.15, 0.2) is 17.2 Å². The average molecular weight is 519 g/mol. The number of amides is 2. The van der Waals surface area contributed by atoms with Gasteiger partial charge in [-0.1, -0.05) is 27.7 Å². The zero-order chi connectivity index (χ0) is 26.3. The van der Waals surface area contributed by atoms with Crippen molar-refractivity contribution in [1.82, 2.24) is 24.4 Å². The number of hydrogen-bond acceptors (Lipinski definition) is 7. The standard InChI is InChI=1S/C21H29F3N6O4S/c1-11(2)14-7-16(21(22,23)24)26-17(12(3)4)18(14)27-20(31)28-35(32,33)15-8-25-30-9-13(29(5)6)10-34-19(15)30/h7-8,11-13H,9-10H2,1-6H3,(H2,27,28,31)/t13-/m0/s1. The van der Waals surface area contributed by atoms with Crippen molar-refractivity contribution in [2.45, 2.75) is 63.2 Å². The van der Waals surface area contributed by atoms with Crippen molar-refractivity contribution >= 4 is 21.7 Å². The number of nitrogens with zero attached hydrogens (tertiary/aromatic N) is 4. The number of sulfonamides is 1. The van der Waals surface area contributed by atoms with E-state index in [1.165, 1.54) is 4.68 Å². The molecule has 1 atom stereocenters. The lowest BCUT2D eigenvalue weighted by Crippen LogP contribution is -2.41. The van der Waals surface area contributed by atoms with Gasteiger partial charge in [0.15, 0.2) is 4.90 Å². The number of likely N-dealkylation sites (N-methyl/N-ethyl adjacent to an activating group) is 1. The molecule has 0 aromatic carbocycles. The van der Waals surface area contributed by atoms with Crippen molar-refractivity contribution in [2.75, 3.05) is 26.0 Å². The van der Waals surface area contributed by atoms with E-state index in [9.17, 15) is 26.4 Å². The summed E-state index contributed by atoms with van der Waals surface area (Å²) in [7, 11) is -0.677. The summed E-state index contributed by atoms with van der Waals surface area (Å²) in [4.78, 5) is 18.1. The molecule has 0 unspecified atom stereocenters. The Hall–Kier alpha value is -2.87. The van der Waals surface area contributed by atoms with Gasteiger partial charge in [0.1, 0.15) is 12.3 Å². The molecule has 0 saturated carbocycles. The van der Waals surface area contributed by atoms with Gasteiger partial charge in [-0.25, -0.2) is 27.6 Å². The van der Waals surface area contributed by atoms with Crippen molar-refractivity contribution in [3.05, 3.63) is 29.2 Å². The summed E-state index contributed by atoms with van der Waals surface area (Å²) in [5.74, 6) is -0.892. The SMILES string of the molecule is CC(C)c1cc(C(F)(F)F)nc(C(C)C)c1NC(=O)NS(=O)(=O)c1cnn2c1OC[C@@H](N(C)C)C2. The molecule has 2 aromatic rings. The summed E-state index contributed by atoms with van der Waals surface area (Å²) in [6.07, 6.45) is -3.59. The van der Waals surface area contributed by atoms with Crippen LogP contribution in [-0.2, 0) is 22.7 Å². The van der Waals surface area contributed by atoms with Crippen molar-refractivity contribution in [3.63, 3.8) is 0 Å². The molecule has 0 bridgehead atoms. The van der Waals surface area contributed by atoms with E-state index in [0.29, 0.717) is 6.54 Å². The number of aromatic nitrogens is 3. The molecule has 0 fully saturated rings. The van der Waals surface area contributed by atoms with Gasteiger partial charge in [0, 0.05) is 0 Å². The molecular formula is C21H29F3N6O4S. The number of carbonyl (C=O) groups excluding carboxylic acids is 1. The quantitative estimate of drug-likeness (QED) is 0.602. The number of anilines is 1. The maximum absolute atomic E-state index is 13.4. The Bertz CT molecular complexity index is 1180. The number of carbonyl (C=O) groups is 1. The highest BCUT2D eigenvalue weighted by atomic mass is 32.2. The lowest BCUT2D eigenvalue weighted by atomic mass is 9.96. The highest BCUT2D eigenvalue weighted by Crippen LogP contribution is 2.37. The van der Waals surface area contributed by atoms with E-state index >= 15 is 0 Å². The third-order valence-electron chi connectivity index (χ3n) is 5.58. The monoisotopic (exact) mass is 518 g/mol. The van der Waals surface area contributed by atoms with Gasteiger partial charge in [0.2, 0.25) is 5.88 Å². The molecule has 0 aliphatic carbocycles. The first-order valence-corrected chi connectivity index (χ1v) is 12.4. The fourth-order valence-electron chi connectivity index (χ4n) is 3.61. The first-order valence-electron chi connectivity index (χ1n) is 10.9. The first-order chi connectivity index (χ1) is 16.1. The van der Waals surface area contributed by atoms with E-state index in [4.69, 9.17) is 4.74 Å². The molecule has 3 rings (SSSR count). The summed E-state index contributed by atoms with van der Waals surface area (Å²) < 4.78 is 74.9. The highest BCUT2D eigenvalue weighted by Gasteiger charge is 2.36. The Kier molecular flexibility index (Phi) is 7.37. The summed E-state index contributed by atoms with van der Waals surface area (Å²) in [6, 6.07) is -0.286. The molecule has 3 heterocycles. The number of nitrogens with one attached hydrogen (secondary N) is 2. The average Bonchev–Trinajstić information content (AvgIpc) is 3.16. The van der Waals surface area contributed by atoms with Crippen molar-refractivity contribution < 1.29 is 31.1 Å². The van der Waals surface area contributed by atoms with E-state index in [1.807, 2.05) is 23.7 Å². The summed E-state index contributed by atoms with van der Waals surface area (Å²) >= 11 is 0. The van der Waals surface area contributed by atoms with Gasteiger partial charge in [-0.15, -0.1) is 0 Å². The number of fused-ring (bicyclic) bond motifs is 1. The molecule has 1 aliphatic heterocycles. The minimum absolute atomic E-state index is 0.00274. The van der Waals surface area contributed by atoms with Crippen LogP contribution in [0.3, 0.4) is 0 Å². The predicted molar refractivity (Wildman–Crippen MR) is 122 cm³/mol. The number of pyridine rings is 1. The molecule has 0 spiro atoms. The maximum atomic E-state index is 13.4. The molecule has 194 valence electrons. The van der Waals surface area contributed by atoms with Crippen LogP contribution in [0.25, 0.3) is 0 Å². The van der Waals surface area contributed by atoms with Crippen LogP contribution in [-0.4, -0.2) is 60.9 Å². The van der Waals surface area contributed by atoms with Crippen LogP contribution in [0, 0.1) is 0 Å². The number of rotatable bonds is 6. The second kappa shape index (κ2) is 9.64. The number of hydrogen-bond donors (Lipinski definition) is 2. The maximum Gasteiger partial charge on any atom is 0.433 e. The topological polar surface area (TPSA) is 118 Å². The lowest BCUT2D eigenvalue weighted by Gasteiger charge is -2.29. The van der Waals surface area contributed by atoms with E-state index < -0.39 is 39.8 Å². The van der Waals surface area contributed by atoms with Gasteiger partial charge >= 0.3 is 12.2 Å². The largest absolute Gasteiger partial charge is 0.475 e. The smallest absolute Gasteiger partial charge is 0.433 e. The summed E-state index contributed by atoms with van der Waals surface area (Å²) in [5.41, 5.74) is -0.859. The minimum Gasteiger partial charge on any atom is -0.475 e. The van der Waals surface area contributed by atoms with Crippen LogP contribution in [0.5, 0.6) is 5.88 Å². The van der Waals surface area contributed by atoms with E-state index in [-0.39, 0.29) is 40.4 Å². The Morgan fingerprint density at radius 3 is 2.43 bits per heavy atom. The minimum atomic E-state index is -4.68. The highest BCUT2D eigenvalue weighted by molar-refractivity contribution is 7.90. The van der Waals surface area contributed by atoms with Gasteiger partial charge in [0.25, 0.3) is 10.0 Å². The van der Waals surface area contributed by atoms with E-state index in [1.54, 1.807) is 27.7 Å². The number of ether oxygens (including phenoxy) is 1. The Labute approximate surface area is 201 Å². The molecule has 10 nitrogen and oxygen atoms in total. The second-order valence-corrected chi connectivity index (χ2v) is 10.8. The normalized spacial score (nSPS) is 16.4. The van der Waals surface area contributed by atoms with E-state index in [0.717, 1.165) is 12.3 Å². The third kappa shape index (κ3) is 5.69. The van der Waals surface area contributed by atoms with E-state index in [2.05, 4.69) is 15.4 Å². The second-order valence-electron chi connectivity index (χ2n) is 9.15. The molecule has 2 aromatic heterocycles. The summed E-state index contributed by atoms with van der Waals surface area (Å²) in [6.45, 7) is 7.22. The zero-order valence-corrected chi connectivity index (χ0v) is 21.1. The fourth-order valence-corrected chi connectivity index (χ4v) is 4.60. The first kappa shape index (κ1) is 26.7. The summed E-state index contributed by atoms with van der Waals surface area (Å²) in [5, 5.41) is 6.46. The Morgan fingerprint density at radius 2 is 1.89 bits per heavy atom. The Balaban J connectivity index is 1.90. The van der Waals surface area contributed by atoms with Gasteiger partial charge in [0.05, 0.1) is 30.2 Å². The third-order valence-corrected chi connectivity index (χ3v) is 6.89. The van der Waals surface area contributed by atoms with Crippen LogP contribution >= 0.6 is 0 Å². The van der Waals surface area contributed by atoms with Gasteiger partial charge in [-0.05, 0) is 37.6 Å². The zero-order valence-electron chi connectivity index (χ0n) is 20.3. The van der Waals surface area contributed by atoms with Gasteiger partial charge in [-0.3, -0.25) is 0 Å². The number of urea groups is 1. The fraction of sp³-hybridized carbons (Fsp3) is 0.571. The van der Waals surface area contributed by atoms with Crippen LogP contribution in [0.2, 0.25) is 0 Å². The molecule has 0 radical (unpaired) electrons. The molecule has 1 aliphatic rings. The van der Waals surface area contributed by atoms with Gasteiger partial charge < -0.3 is 15.0 Å². The molecule has 0 saturated heterocycles. The van der Waals surface area contributed by atoms with Gasteiger partial charge in [-0.2, -0.15) is 18.3 Å². The van der Waals surface area contributed by atoms with Crippen molar-refractivity contribution in [3.8, 4) is 5.88 Å². The molecule has 14 heteroatoms. The van der Waals surface area contributed by atoms with Crippen molar-refractivity contribution in [2.24, 2.45) is 0 Å². The molecular weight excluding hydrogens is 489 g/mol.